The van der Waals surface area contributed by atoms with Crippen molar-refractivity contribution in [2.45, 2.75) is 6.61 Å². The predicted molar refractivity (Wildman–Crippen MR) is 88.8 cm³/mol. The van der Waals surface area contributed by atoms with Crippen LogP contribution in [-0.2, 0) is 11.4 Å². The molecule has 0 fully saturated rings. The Labute approximate surface area is 139 Å². The zero-order chi connectivity index (χ0) is 16.3. The molecule has 0 atom stereocenters. The molecule has 0 aliphatic carbocycles. The number of anilines is 1. The van der Waals surface area contributed by atoms with Crippen molar-refractivity contribution in [3.8, 4) is 5.88 Å². The lowest BCUT2D eigenvalue weighted by atomic mass is 10.1. The molecule has 1 aromatic carbocycles. The monoisotopic (exact) mass is 414 g/mol. The van der Waals surface area contributed by atoms with E-state index in [1.54, 1.807) is 18.2 Å². The number of ether oxygens (including phenoxy) is 1. The summed E-state index contributed by atoms with van der Waals surface area (Å²) in [6, 6.07) is 7.31. The fourth-order valence-corrected chi connectivity index (χ4v) is 2.09. The number of aromatic nitrogens is 1. The van der Waals surface area contributed by atoms with Crippen molar-refractivity contribution in [1.29, 1.82) is 0 Å². The van der Waals surface area contributed by atoms with E-state index in [4.69, 9.17) is 15.6 Å². The molecule has 0 radical (unpaired) electrons. The Balaban J connectivity index is 2.29. The molecule has 2 aromatic rings. The van der Waals surface area contributed by atoms with Crippen LogP contribution in [0.5, 0.6) is 5.88 Å². The standard InChI is InChI=1S/C15H12FIN2O3/c1-8(15(20)21)11-6-12(17)13(18)19-14(11)22-7-9-2-4-10(16)5-3-9/h2-6H,1,7H2,(H2,18,19)(H,20,21). The molecule has 0 saturated carbocycles. The Bertz CT molecular complexity index is 732. The van der Waals surface area contributed by atoms with Crippen LogP contribution in [0.4, 0.5) is 10.2 Å². The van der Waals surface area contributed by atoms with Crippen LogP contribution in [0.2, 0.25) is 0 Å². The summed E-state index contributed by atoms with van der Waals surface area (Å²) in [6.07, 6.45) is 0. The van der Waals surface area contributed by atoms with Crippen molar-refractivity contribution in [3.05, 3.63) is 57.4 Å². The molecule has 0 aliphatic heterocycles. The molecule has 0 aliphatic rings. The molecule has 0 saturated heterocycles. The van der Waals surface area contributed by atoms with Crippen LogP contribution in [-0.4, -0.2) is 16.1 Å². The lowest BCUT2D eigenvalue weighted by molar-refractivity contribution is -0.130. The smallest absolute Gasteiger partial charge is 0.335 e. The lowest BCUT2D eigenvalue weighted by Crippen LogP contribution is -2.07. The van der Waals surface area contributed by atoms with Gasteiger partial charge in [0.15, 0.2) is 0 Å². The minimum atomic E-state index is -1.17. The van der Waals surface area contributed by atoms with Gasteiger partial charge in [-0.05, 0) is 46.4 Å². The Morgan fingerprint density at radius 1 is 1.41 bits per heavy atom. The second-order valence-electron chi connectivity index (χ2n) is 4.41. The number of aliphatic carboxylic acids is 1. The summed E-state index contributed by atoms with van der Waals surface area (Å²) in [6.45, 7) is 3.61. The number of nitrogens with zero attached hydrogens (tertiary/aromatic N) is 1. The minimum Gasteiger partial charge on any atom is -0.478 e. The average Bonchev–Trinajstić information content (AvgIpc) is 2.48. The Kier molecular flexibility index (Phi) is 4.96. The lowest BCUT2D eigenvalue weighted by Gasteiger charge is -2.12. The van der Waals surface area contributed by atoms with Crippen molar-refractivity contribution in [3.63, 3.8) is 0 Å². The highest BCUT2D eigenvalue weighted by molar-refractivity contribution is 14.1. The molecule has 7 heteroatoms. The number of carbonyl (C=O) groups is 1. The van der Waals surface area contributed by atoms with Gasteiger partial charge in [-0.25, -0.2) is 9.18 Å². The molecule has 22 heavy (non-hydrogen) atoms. The molecule has 114 valence electrons. The highest BCUT2D eigenvalue weighted by atomic mass is 127. The number of carboxylic acids is 1. The number of hydrogen-bond acceptors (Lipinski definition) is 4. The van der Waals surface area contributed by atoms with Gasteiger partial charge < -0.3 is 15.6 Å². The summed E-state index contributed by atoms with van der Waals surface area (Å²) >= 11 is 1.95. The van der Waals surface area contributed by atoms with Gasteiger partial charge in [0.25, 0.3) is 0 Å². The number of carboxylic acid groups (broad SMARTS) is 1. The van der Waals surface area contributed by atoms with Gasteiger partial charge in [0.2, 0.25) is 5.88 Å². The molecule has 0 bridgehead atoms. The molecule has 0 spiro atoms. The fraction of sp³-hybridized carbons (Fsp3) is 0.0667. The normalized spacial score (nSPS) is 10.3. The molecule has 5 nitrogen and oxygen atoms in total. The Morgan fingerprint density at radius 3 is 2.64 bits per heavy atom. The van der Waals surface area contributed by atoms with Gasteiger partial charge in [0.1, 0.15) is 18.2 Å². The van der Waals surface area contributed by atoms with Crippen molar-refractivity contribution >= 4 is 40.0 Å². The molecule has 3 N–H and O–H groups in total. The summed E-state index contributed by atoms with van der Waals surface area (Å²) in [7, 11) is 0. The molecular weight excluding hydrogens is 402 g/mol. The summed E-state index contributed by atoms with van der Waals surface area (Å²) in [4.78, 5) is 15.2. The average molecular weight is 414 g/mol. The first kappa shape index (κ1) is 16.2. The van der Waals surface area contributed by atoms with Gasteiger partial charge >= 0.3 is 5.97 Å². The van der Waals surface area contributed by atoms with E-state index in [1.807, 2.05) is 22.6 Å². The van der Waals surface area contributed by atoms with Gasteiger partial charge in [-0.1, -0.05) is 18.7 Å². The topological polar surface area (TPSA) is 85.4 Å². The second kappa shape index (κ2) is 6.73. The molecule has 0 unspecified atom stereocenters. The van der Waals surface area contributed by atoms with Gasteiger partial charge in [-0.2, -0.15) is 4.98 Å². The largest absolute Gasteiger partial charge is 0.478 e. The number of hydrogen-bond donors (Lipinski definition) is 2. The van der Waals surface area contributed by atoms with E-state index in [-0.39, 0.29) is 35.3 Å². The Morgan fingerprint density at radius 2 is 2.05 bits per heavy atom. The van der Waals surface area contributed by atoms with E-state index in [9.17, 15) is 9.18 Å². The van der Waals surface area contributed by atoms with E-state index in [2.05, 4.69) is 11.6 Å². The quantitative estimate of drug-likeness (QED) is 0.581. The maximum absolute atomic E-state index is 12.9. The second-order valence-corrected chi connectivity index (χ2v) is 5.57. The van der Waals surface area contributed by atoms with Crippen LogP contribution in [0.3, 0.4) is 0 Å². The highest BCUT2D eigenvalue weighted by Gasteiger charge is 2.17. The summed E-state index contributed by atoms with van der Waals surface area (Å²) in [5.41, 5.74) is 6.56. The molecular formula is C15H12FIN2O3. The number of nitrogen functional groups attached to an aromatic ring is 1. The van der Waals surface area contributed by atoms with Crippen LogP contribution in [0.1, 0.15) is 11.1 Å². The third-order valence-electron chi connectivity index (χ3n) is 2.84. The first-order valence-corrected chi connectivity index (χ1v) is 7.22. The van der Waals surface area contributed by atoms with Crippen LogP contribution in [0.15, 0.2) is 36.9 Å². The van der Waals surface area contributed by atoms with Gasteiger partial charge in [0.05, 0.1) is 14.7 Å². The van der Waals surface area contributed by atoms with Crippen LogP contribution < -0.4 is 10.5 Å². The van der Waals surface area contributed by atoms with E-state index < -0.39 is 5.97 Å². The van der Waals surface area contributed by atoms with Gasteiger partial charge in [-0.15, -0.1) is 0 Å². The van der Waals surface area contributed by atoms with Crippen molar-refractivity contribution < 1.29 is 19.0 Å². The van der Waals surface area contributed by atoms with Crippen molar-refractivity contribution in [2.24, 2.45) is 0 Å². The maximum Gasteiger partial charge on any atom is 0.335 e. The van der Waals surface area contributed by atoms with Crippen molar-refractivity contribution in [1.82, 2.24) is 4.98 Å². The van der Waals surface area contributed by atoms with Crippen LogP contribution in [0.25, 0.3) is 5.57 Å². The van der Waals surface area contributed by atoms with E-state index >= 15 is 0 Å². The van der Waals surface area contributed by atoms with Crippen molar-refractivity contribution in [2.75, 3.05) is 5.73 Å². The number of rotatable bonds is 5. The zero-order valence-corrected chi connectivity index (χ0v) is 13.5. The minimum absolute atomic E-state index is 0.0784. The number of benzene rings is 1. The highest BCUT2D eigenvalue weighted by Crippen LogP contribution is 2.28. The number of pyridine rings is 1. The first-order valence-electron chi connectivity index (χ1n) is 6.14. The maximum atomic E-state index is 12.9. The number of halogens is 2. The van der Waals surface area contributed by atoms with Gasteiger partial charge in [-0.3, -0.25) is 0 Å². The summed E-state index contributed by atoms with van der Waals surface area (Å²) in [5, 5.41) is 9.08. The molecule has 1 aromatic heterocycles. The van der Waals surface area contributed by atoms with E-state index in [0.29, 0.717) is 9.13 Å². The SMILES string of the molecule is C=C(C(=O)O)c1cc(I)c(N)nc1OCc1ccc(F)cc1. The summed E-state index contributed by atoms with van der Waals surface area (Å²) < 4.78 is 19.0. The molecule has 2 rings (SSSR count). The Hall–Kier alpha value is -2.16. The van der Waals surface area contributed by atoms with Crippen LogP contribution in [0, 0.1) is 9.39 Å². The third kappa shape index (κ3) is 3.73. The van der Waals surface area contributed by atoms with E-state index in [1.165, 1.54) is 12.1 Å². The van der Waals surface area contributed by atoms with E-state index in [0.717, 1.165) is 0 Å². The zero-order valence-electron chi connectivity index (χ0n) is 11.3. The third-order valence-corrected chi connectivity index (χ3v) is 3.70. The molecule has 0 amide bonds. The summed E-state index contributed by atoms with van der Waals surface area (Å²) in [5.74, 6) is -1.21. The fourth-order valence-electron chi connectivity index (χ4n) is 1.66. The molecule has 1 heterocycles. The number of nitrogens with two attached hydrogens (primary N) is 1. The van der Waals surface area contributed by atoms with Gasteiger partial charge in [0, 0.05) is 0 Å². The predicted octanol–water partition coefficient (Wildman–Crippen LogP) is 3.08. The first-order chi connectivity index (χ1) is 10.4. The van der Waals surface area contributed by atoms with Crippen LogP contribution >= 0.6 is 22.6 Å².